The van der Waals surface area contributed by atoms with E-state index in [2.05, 4.69) is 38.5 Å². The van der Waals surface area contributed by atoms with Gasteiger partial charge in [-0.05, 0) is 69.6 Å². The molecule has 110 valence electrons. The van der Waals surface area contributed by atoms with Gasteiger partial charge in [-0.2, -0.15) is 0 Å². The van der Waals surface area contributed by atoms with Crippen LogP contribution in [0.1, 0.15) is 23.2 Å². The second-order valence-corrected chi connectivity index (χ2v) is 8.67. The predicted molar refractivity (Wildman–Crippen MR) is 88.9 cm³/mol. The highest BCUT2D eigenvalue weighted by atomic mass is 127. The molecule has 0 bridgehead atoms. The Morgan fingerprint density at radius 2 is 2.15 bits per heavy atom. The largest absolute Gasteiger partial charge is 0.337 e. The summed E-state index contributed by atoms with van der Waals surface area (Å²) < 4.78 is 24.5. The van der Waals surface area contributed by atoms with E-state index in [0.29, 0.717) is 29.4 Å². The highest BCUT2D eigenvalue weighted by Gasteiger charge is 2.31. The molecule has 1 amide bonds. The molecule has 1 aliphatic heterocycles. The van der Waals surface area contributed by atoms with Crippen molar-refractivity contribution in [3.8, 4) is 0 Å². The molecule has 2 N–H and O–H groups in total. The van der Waals surface area contributed by atoms with Crippen molar-refractivity contribution in [2.24, 2.45) is 5.14 Å². The minimum absolute atomic E-state index is 0.162. The van der Waals surface area contributed by atoms with Crippen LogP contribution in [0.3, 0.4) is 0 Å². The summed E-state index contributed by atoms with van der Waals surface area (Å²) in [6.45, 7) is 0.721. The zero-order valence-electron chi connectivity index (χ0n) is 10.6. The minimum atomic E-state index is -3.60. The van der Waals surface area contributed by atoms with Gasteiger partial charge in [0.2, 0.25) is 10.0 Å². The molecule has 5 nitrogen and oxygen atoms in total. The molecule has 1 atom stereocenters. The Hall–Kier alpha value is -0.190. The Morgan fingerprint density at radius 1 is 1.45 bits per heavy atom. The van der Waals surface area contributed by atoms with E-state index in [9.17, 15) is 13.2 Å². The van der Waals surface area contributed by atoms with E-state index in [4.69, 9.17) is 5.14 Å². The lowest BCUT2D eigenvalue weighted by Gasteiger charge is -2.31. The molecular weight excluding hydrogens is 459 g/mol. The van der Waals surface area contributed by atoms with Gasteiger partial charge in [0.1, 0.15) is 0 Å². The van der Waals surface area contributed by atoms with E-state index < -0.39 is 15.3 Å². The smallest absolute Gasteiger partial charge is 0.255 e. The predicted octanol–water partition coefficient (Wildman–Crippen LogP) is 1.95. The Bertz CT molecular complexity index is 636. The summed E-state index contributed by atoms with van der Waals surface area (Å²) in [5.41, 5.74) is 0.548. The lowest BCUT2D eigenvalue weighted by Crippen LogP contribution is -2.47. The van der Waals surface area contributed by atoms with E-state index in [1.807, 2.05) is 12.1 Å². The van der Waals surface area contributed by atoms with Crippen LogP contribution in [0.25, 0.3) is 0 Å². The highest BCUT2D eigenvalue weighted by Crippen LogP contribution is 2.23. The molecule has 8 heteroatoms. The zero-order valence-corrected chi connectivity index (χ0v) is 15.1. The maximum Gasteiger partial charge on any atom is 0.255 e. The molecule has 0 aliphatic carbocycles. The van der Waals surface area contributed by atoms with Crippen molar-refractivity contribution in [1.82, 2.24) is 4.90 Å². The van der Waals surface area contributed by atoms with Gasteiger partial charge < -0.3 is 4.90 Å². The van der Waals surface area contributed by atoms with Gasteiger partial charge in [-0.25, -0.2) is 13.6 Å². The van der Waals surface area contributed by atoms with Gasteiger partial charge in [0.25, 0.3) is 5.91 Å². The summed E-state index contributed by atoms with van der Waals surface area (Å²) in [6.07, 6.45) is 1.16. The maximum absolute atomic E-state index is 12.5. The summed E-state index contributed by atoms with van der Waals surface area (Å²) in [4.78, 5) is 14.1. The first-order valence-corrected chi connectivity index (χ1v) is 9.53. The molecule has 1 heterocycles. The number of amides is 1. The fraction of sp³-hybridized carbons (Fsp3) is 0.417. The topological polar surface area (TPSA) is 80.5 Å². The molecule has 0 aromatic heterocycles. The summed E-state index contributed by atoms with van der Waals surface area (Å²) in [6, 6.07) is 5.49. The number of rotatable bonds is 2. The third kappa shape index (κ3) is 3.71. The molecular formula is C12H14BrIN2O3S. The third-order valence-electron chi connectivity index (χ3n) is 3.29. The summed E-state index contributed by atoms with van der Waals surface area (Å²) in [7, 11) is -3.60. The summed E-state index contributed by atoms with van der Waals surface area (Å²) in [5.74, 6) is -0.163. The first-order valence-electron chi connectivity index (χ1n) is 6.05. The summed E-state index contributed by atoms with van der Waals surface area (Å²) in [5, 5.41) is 4.52. The fourth-order valence-electron chi connectivity index (χ4n) is 2.22. The first kappa shape index (κ1) is 16.2. The SMILES string of the molecule is NS(=O)(=O)C1CCCN(C(=O)c2cc(I)ccc2Br)C1. The van der Waals surface area contributed by atoms with Gasteiger partial charge in [-0.3, -0.25) is 4.79 Å². The molecule has 0 spiro atoms. The molecule has 1 unspecified atom stereocenters. The maximum atomic E-state index is 12.5. The number of halogens is 2. The number of nitrogens with zero attached hydrogens (tertiary/aromatic N) is 1. The number of primary sulfonamides is 1. The third-order valence-corrected chi connectivity index (χ3v) is 5.97. The normalized spacial score (nSPS) is 19.9. The first-order chi connectivity index (χ1) is 9.29. The van der Waals surface area contributed by atoms with Crippen LogP contribution in [0.15, 0.2) is 22.7 Å². The number of likely N-dealkylation sites (tertiary alicyclic amines) is 1. The van der Waals surface area contributed by atoms with Crippen molar-refractivity contribution < 1.29 is 13.2 Å². The second-order valence-electron chi connectivity index (χ2n) is 4.73. The van der Waals surface area contributed by atoms with Gasteiger partial charge >= 0.3 is 0 Å². The Balaban J connectivity index is 2.23. The average Bonchev–Trinajstić information content (AvgIpc) is 2.40. The van der Waals surface area contributed by atoms with Crippen LogP contribution in [0.4, 0.5) is 0 Å². The number of carbonyl (C=O) groups excluding carboxylic acids is 1. The lowest BCUT2D eigenvalue weighted by molar-refractivity contribution is 0.0726. The number of sulfonamides is 1. The van der Waals surface area contributed by atoms with E-state index in [0.717, 1.165) is 3.57 Å². The Morgan fingerprint density at radius 3 is 2.80 bits per heavy atom. The molecule has 1 aromatic rings. The van der Waals surface area contributed by atoms with Gasteiger partial charge in [0.05, 0.1) is 10.8 Å². The Kier molecular flexibility index (Phi) is 5.09. The zero-order chi connectivity index (χ0) is 14.9. The molecule has 0 radical (unpaired) electrons. The minimum Gasteiger partial charge on any atom is -0.337 e. The van der Waals surface area contributed by atoms with Crippen molar-refractivity contribution in [1.29, 1.82) is 0 Å². The molecule has 2 rings (SSSR count). The van der Waals surface area contributed by atoms with E-state index in [1.165, 1.54) is 0 Å². The highest BCUT2D eigenvalue weighted by molar-refractivity contribution is 14.1. The average molecular weight is 473 g/mol. The molecule has 1 aromatic carbocycles. The molecule has 1 saturated heterocycles. The van der Waals surface area contributed by atoms with Gasteiger partial charge in [-0.1, -0.05) is 0 Å². The van der Waals surface area contributed by atoms with Crippen molar-refractivity contribution in [3.63, 3.8) is 0 Å². The van der Waals surface area contributed by atoms with Crippen LogP contribution in [-0.2, 0) is 10.0 Å². The molecule has 1 aliphatic rings. The standard InChI is InChI=1S/C12H14BrIN2O3S/c13-11-4-3-8(14)6-10(11)12(17)16-5-1-2-9(7-16)20(15,18)19/h3-4,6,9H,1-2,5,7H2,(H2,15,18,19). The van der Waals surface area contributed by atoms with Crippen molar-refractivity contribution >= 4 is 54.5 Å². The number of hydrogen-bond acceptors (Lipinski definition) is 3. The van der Waals surface area contributed by atoms with Crippen LogP contribution in [-0.4, -0.2) is 37.6 Å². The number of nitrogens with two attached hydrogens (primary N) is 1. The monoisotopic (exact) mass is 472 g/mol. The van der Waals surface area contributed by atoms with Crippen molar-refractivity contribution in [2.75, 3.05) is 13.1 Å². The number of carbonyl (C=O) groups is 1. The van der Waals surface area contributed by atoms with E-state index in [-0.39, 0.29) is 12.5 Å². The van der Waals surface area contributed by atoms with E-state index in [1.54, 1.807) is 11.0 Å². The van der Waals surface area contributed by atoms with Crippen LogP contribution in [0.2, 0.25) is 0 Å². The van der Waals surface area contributed by atoms with Crippen LogP contribution in [0, 0.1) is 3.57 Å². The number of hydrogen-bond donors (Lipinski definition) is 1. The van der Waals surface area contributed by atoms with Gasteiger partial charge in [0, 0.05) is 21.1 Å². The van der Waals surface area contributed by atoms with Gasteiger partial charge in [0.15, 0.2) is 0 Å². The Labute approximate surface area is 140 Å². The van der Waals surface area contributed by atoms with Crippen molar-refractivity contribution in [2.45, 2.75) is 18.1 Å². The quantitative estimate of drug-likeness (QED) is 0.668. The summed E-state index contributed by atoms with van der Waals surface area (Å²) >= 11 is 5.49. The van der Waals surface area contributed by atoms with E-state index >= 15 is 0 Å². The van der Waals surface area contributed by atoms with Crippen molar-refractivity contribution in [3.05, 3.63) is 31.8 Å². The van der Waals surface area contributed by atoms with Gasteiger partial charge in [-0.15, -0.1) is 0 Å². The van der Waals surface area contributed by atoms with Crippen LogP contribution in [0.5, 0.6) is 0 Å². The molecule has 20 heavy (non-hydrogen) atoms. The lowest BCUT2D eigenvalue weighted by atomic mass is 10.1. The number of piperidine rings is 1. The van der Waals surface area contributed by atoms with Crippen LogP contribution < -0.4 is 5.14 Å². The number of benzene rings is 1. The fourth-order valence-corrected chi connectivity index (χ4v) is 4.01. The van der Waals surface area contributed by atoms with Crippen LogP contribution >= 0.6 is 38.5 Å². The molecule has 0 saturated carbocycles. The molecule has 1 fully saturated rings. The second kappa shape index (κ2) is 6.29.